The maximum Gasteiger partial charge on any atom is 0.303 e. The standard InChI is InChI=1S/C12H22N2O3/c1-14-7-5-10(6-8-14)9-13-11(15)3-2-4-12(16)17/h10H,2-9H2,1H3,(H,13,15)(H,16,17). The van der Waals surface area contributed by atoms with E-state index in [1.54, 1.807) is 0 Å². The van der Waals surface area contributed by atoms with Gasteiger partial charge in [-0.05, 0) is 45.3 Å². The molecule has 2 N–H and O–H groups in total. The molecule has 98 valence electrons. The minimum Gasteiger partial charge on any atom is -0.481 e. The molecule has 0 aromatic heterocycles. The number of hydrogen-bond acceptors (Lipinski definition) is 3. The smallest absolute Gasteiger partial charge is 0.303 e. The van der Waals surface area contributed by atoms with E-state index >= 15 is 0 Å². The van der Waals surface area contributed by atoms with Gasteiger partial charge in [-0.1, -0.05) is 0 Å². The molecule has 17 heavy (non-hydrogen) atoms. The van der Waals surface area contributed by atoms with Crippen molar-refractivity contribution in [3.63, 3.8) is 0 Å². The Hall–Kier alpha value is -1.10. The Morgan fingerprint density at radius 2 is 1.94 bits per heavy atom. The van der Waals surface area contributed by atoms with Gasteiger partial charge < -0.3 is 15.3 Å². The predicted octanol–water partition coefficient (Wildman–Crippen LogP) is 0.699. The molecule has 1 saturated heterocycles. The Kier molecular flexibility index (Phi) is 5.97. The van der Waals surface area contributed by atoms with Crippen molar-refractivity contribution >= 4 is 11.9 Å². The lowest BCUT2D eigenvalue weighted by molar-refractivity contribution is -0.137. The predicted molar refractivity (Wildman–Crippen MR) is 64.7 cm³/mol. The van der Waals surface area contributed by atoms with Gasteiger partial charge in [0, 0.05) is 19.4 Å². The van der Waals surface area contributed by atoms with E-state index in [0.29, 0.717) is 18.8 Å². The molecule has 1 amide bonds. The summed E-state index contributed by atoms with van der Waals surface area (Å²) in [5, 5.41) is 11.3. The first-order chi connectivity index (χ1) is 8.08. The fraction of sp³-hybridized carbons (Fsp3) is 0.833. The zero-order chi connectivity index (χ0) is 12.7. The Bertz CT molecular complexity index is 260. The van der Waals surface area contributed by atoms with Gasteiger partial charge in [-0.25, -0.2) is 0 Å². The average molecular weight is 242 g/mol. The summed E-state index contributed by atoms with van der Waals surface area (Å²) < 4.78 is 0. The highest BCUT2D eigenvalue weighted by Crippen LogP contribution is 2.14. The van der Waals surface area contributed by atoms with Gasteiger partial charge in [-0.2, -0.15) is 0 Å². The third-order valence-corrected chi connectivity index (χ3v) is 3.22. The van der Waals surface area contributed by atoms with Crippen LogP contribution in [0.2, 0.25) is 0 Å². The van der Waals surface area contributed by atoms with Crippen LogP contribution >= 0.6 is 0 Å². The summed E-state index contributed by atoms with van der Waals surface area (Å²) in [5.41, 5.74) is 0. The van der Waals surface area contributed by atoms with Gasteiger partial charge in [0.1, 0.15) is 0 Å². The van der Waals surface area contributed by atoms with Crippen LogP contribution in [-0.4, -0.2) is 48.6 Å². The van der Waals surface area contributed by atoms with Crippen LogP contribution in [0.4, 0.5) is 0 Å². The fourth-order valence-electron chi connectivity index (χ4n) is 2.01. The topological polar surface area (TPSA) is 69.6 Å². The fourth-order valence-corrected chi connectivity index (χ4v) is 2.01. The lowest BCUT2D eigenvalue weighted by Gasteiger charge is -2.28. The Labute approximate surface area is 102 Å². The van der Waals surface area contributed by atoms with Crippen LogP contribution in [0.3, 0.4) is 0 Å². The van der Waals surface area contributed by atoms with E-state index < -0.39 is 5.97 Å². The van der Waals surface area contributed by atoms with Crippen molar-refractivity contribution in [2.45, 2.75) is 32.1 Å². The molecular formula is C12H22N2O3. The highest BCUT2D eigenvalue weighted by molar-refractivity contribution is 5.76. The molecule has 5 heteroatoms. The van der Waals surface area contributed by atoms with E-state index in [4.69, 9.17) is 5.11 Å². The van der Waals surface area contributed by atoms with Crippen LogP contribution in [0.15, 0.2) is 0 Å². The molecule has 1 aliphatic rings. The van der Waals surface area contributed by atoms with E-state index in [9.17, 15) is 9.59 Å². The van der Waals surface area contributed by atoms with Crippen molar-refractivity contribution in [2.24, 2.45) is 5.92 Å². The van der Waals surface area contributed by atoms with E-state index in [-0.39, 0.29) is 12.3 Å². The number of aliphatic carboxylic acids is 1. The number of piperidine rings is 1. The van der Waals surface area contributed by atoms with E-state index in [2.05, 4.69) is 17.3 Å². The summed E-state index contributed by atoms with van der Waals surface area (Å²) in [6.07, 6.45) is 3.08. The first-order valence-electron chi connectivity index (χ1n) is 6.25. The summed E-state index contributed by atoms with van der Waals surface area (Å²) in [6.45, 7) is 2.93. The summed E-state index contributed by atoms with van der Waals surface area (Å²) in [4.78, 5) is 24.0. The molecule has 5 nitrogen and oxygen atoms in total. The molecule has 1 rings (SSSR count). The van der Waals surface area contributed by atoms with Gasteiger partial charge in [0.05, 0.1) is 0 Å². The molecule has 0 spiro atoms. The van der Waals surface area contributed by atoms with Crippen molar-refractivity contribution < 1.29 is 14.7 Å². The van der Waals surface area contributed by atoms with Gasteiger partial charge in [0.25, 0.3) is 0 Å². The molecular weight excluding hydrogens is 220 g/mol. The van der Waals surface area contributed by atoms with Crippen molar-refractivity contribution in [2.75, 3.05) is 26.7 Å². The van der Waals surface area contributed by atoms with Crippen molar-refractivity contribution in [3.05, 3.63) is 0 Å². The van der Waals surface area contributed by atoms with Crippen molar-refractivity contribution in [1.82, 2.24) is 10.2 Å². The van der Waals surface area contributed by atoms with Crippen LogP contribution in [0.5, 0.6) is 0 Å². The van der Waals surface area contributed by atoms with Crippen molar-refractivity contribution in [1.29, 1.82) is 0 Å². The summed E-state index contributed by atoms with van der Waals surface area (Å²) >= 11 is 0. The van der Waals surface area contributed by atoms with E-state index in [0.717, 1.165) is 32.5 Å². The number of carboxylic acid groups (broad SMARTS) is 1. The molecule has 0 aromatic rings. The number of carbonyl (C=O) groups excluding carboxylic acids is 1. The zero-order valence-corrected chi connectivity index (χ0v) is 10.4. The molecule has 0 unspecified atom stereocenters. The first-order valence-corrected chi connectivity index (χ1v) is 6.25. The second-order valence-electron chi connectivity index (χ2n) is 4.80. The Morgan fingerprint density at radius 1 is 1.29 bits per heavy atom. The van der Waals surface area contributed by atoms with Gasteiger partial charge in [0.15, 0.2) is 0 Å². The Balaban J connectivity index is 2.05. The zero-order valence-electron chi connectivity index (χ0n) is 10.4. The third-order valence-electron chi connectivity index (χ3n) is 3.22. The lowest BCUT2D eigenvalue weighted by atomic mass is 9.97. The quantitative estimate of drug-likeness (QED) is 0.719. The Morgan fingerprint density at radius 3 is 2.53 bits per heavy atom. The van der Waals surface area contributed by atoms with Crippen LogP contribution in [0.25, 0.3) is 0 Å². The summed E-state index contributed by atoms with van der Waals surface area (Å²) in [6, 6.07) is 0. The van der Waals surface area contributed by atoms with Crippen LogP contribution in [0, 0.1) is 5.92 Å². The molecule has 0 saturated carbocycles. The number of likely N-dealkylation sites (tertiary alicyclic amines) is 1. The number of amides is 1. The molecule has 0 aliphatic carbocycles. The molecule has 1 aliphatic heterocycles. The molecule has 0 radical (unpaired) electrons. The highest BCUT2D eigenvalue weighted by atomic mass is 16.4. The van der Waals surface area contributed by atoms with Crippen LogP contribution in [0.1, 0.15) is 32.1 Å². The number of hydrogen-bond donors (Lipinski definition) is 2. The molecule has 0 atom stereocenters. The maximum atomic E-state index is 11.4. The lowest BCUT2D eigenvalue weighted by Crippen LogP contribution is -2.36. The van der Waals surface area contributed by atoms with Crippen LogP contribution < -0.4 is 5.32 Å². The second kappa shape index (κ2) is 7.27. The average Bonchev–Trinajstić information content (AvgIpc) is 2.28. The van der Waals surface area contributed by atoms with E-state index in [1.807, 2.05) is 0 Å². The highest BCUT2D eigenvalue weighted by Gasteiger charge is 2.16. The number of rotatable bonds is 6. The minimum atomic E-state index is -0.840. The number of carbonyl (C=O) groups is 2. The first kappa shape index (κ1) is 14.0. The second-order valence-corrected chi connectivity index (χ2v) is 4.80. The molecule has 1 heterocycles. The van der Waals surface area contributed by atoms with Crippen LogP contribution in [-0.2, 0) is 9.59 Å². The molecule has 0 aromatic carbocycles. The van der Waals surface area contributed by atoms with Gasteiger partial charge in [-0.3, -0.25) is 9.59 Å². The normalized spacial score (nSPS) is 17.9. The number of carboxylic acids is 1. The van der Waals surface area contributed by atoms with Gasteiger partial charge in [-0.15, -0.1) is 0 Å². The SMILES string of the molecule is CN1CCC(CNC(=O)CCCC(=O)O)CC1. The molecule has 1 fully saturated rings. The van der Waals surface area contributed by atoms with E-state index in [1.165, 1.54) is 0 Å². The number of nitrogens with zero attached hydrogens (tertiary/aromatic N) is 1. The number of nitrogens with one attached hydrogen (secondary N) is 1. The van der Waals surface area contributed by atoms with Gasteiger partial charge in [0.2, 0.25) is 5.91 Å². The minimum absolute atomic E-state index is 0.0230. The third kappa shape index (κ3) is 6.26. The van der Waals surface area contributed by atoms with Crippen molar-refractivity contribution in [3.8, 4) is 0 Å². The maximum absolute atomic E-state index is 11.4. The summed E-state index contributed by atoms with van der Waals surface area (Å²) in [7, 11) is 2.11. The molecule has 0 bridgehead atoms. The monoisotopic (exact) mass is 242 g/mol. The largest absolute Gasteiger partial charge is 0.481 e. The summed E-state index contributed by atoms with van der Waals surface area (Å²) in [5.74, 6) is -0.284. The van der Waals surface area contributed by atoms with Gasteiger partial charge >= 0.3 is 5.97 Å².